The van der Waals surface area contributed by atoms with Gasteiger partial charge in [0.05, 0.1) is 22.7 Å². The largest absolute Gasteiger partial charge is 0.478 e. The van der Waals surface area contributed by atoms with Crippen LogP contribution >= 0.6 is 0 Å². The Bertz CT molecular complexity index is 1050. The van der Waals surface area contributed by atoms with Crippen LogP contribution in [0.4, 0.5) is 5.69 Å². The lowest BCUT2D eigenvalue weighted by molar-refractivity contribution is 0.0697. The van der Waals surface area contributed by atoms with E-state index in [2.05, 4.69) is 0 Å². The summed E-state index contributed by atoms with van der Waals surface area (Å²) in [4.78, 5) is 11.8. The van der Waals surface area contributed by atoms with E-state index in [0.29, 0.717) is 0 Å². The molecule has 3 aromatic carbocycles. The van der Waals surface area contributed by atoms with Crippen LogP contribution in [0.1, 0.15) is 21.5 Å². The molecule has 0 heterocycles. The van der Waals surface area contributed by atoms with E-state index in [0.717, 1.165) is 15.4 Å². The van der Waals surface area contributed by atoms with Gasteiger partial charge in [-0.2, -0.15) is 0 Å². The molecule has 1 N–H and O–H groups in total. The topological polar surface area (TPSA) is 74.7 Å². The highest BCUT2D eigenvalue weighted by molar-refractivity contribution is 7.92. The number of carboxylic acids is 1. The summed E-state index contributed by atoms with van der Waals surface area (Å²) in [6.07, 6.45) is 0. The number of rotatable bonds is 6. The Balaban J connectivity index is 2.16. The second kappa shape index (κ2) is 7.63. The number of aryl methyl sites for hydroxylation is 1. The van der Waals surface area contributed by atoms with E-state index in [9.17, 15) is 18.3 Å². The fourth-order valence-corrected chi connectivity index (χ4v) is 4.23. The Morgan fingerprint density at radius 1 is 0.889 bits per heavy atom. The van der Waals surface area contributed by atoms with Gasteiger partial charge in [-0.3, -0.25) is 4.31 Å². The maximum absolute atomic E-state index is 13.4. The number of sulfonamides is 1. The fourth-order valence-electron chi connectivity index (χ4n) is 2.76. The number of hydrogen-bond acceptors (Lipinski definition) is 3. The molecule has 0 unspecified atom stereocenters. The SMILES string of the molecule is Cc1ccc(S(=O)(=O)N(Cc2ccccc2)c2ccccc2C(=O)O)cc1. The van der Waals surface area contributed by atoms with Gasteiger partial charge in [-0.25, -0.2) is 13.2 Å². The summed E-state index contributed by atoms with van der Waals surface area (Å²) in [6.45, 7) is 1.90. The Hall–Kier alpha value is -3.12. The van der Waals surface area contributed by atoms with E-state index in [1.165, 1.54) is 24.3 Å². The molecule has 0 aromatic heterocycles. The van der Waals surface area contributed by atoms with Crippen LogP contribution in [0.25, 0.3) is 0 Å². The van der Waals surface area contributed by atoms with Gasteiger partial charge in [0, 0.05) is 0 Å². The molecule has 0 bridgehead atoms. The van der Waals surface area contributed by atoms with Crippen LogP contribution in [0.2, 0.25) is 0 Å². The minimum Gasteiger partial charge on any atom is -0.478 e. The van der Waals surface area contributed by atoms with Crippen LogP contribution < -0.4 is 4.31 Å². The van der Waals surface area contributed by atoms with Gasteiger partial charge in [0.15, 0.2) is 0 Å². The lowest BCUT2D eigenvalue weighted by Gasteiger charge is -2.26. The lowest BCUT2D eigenvalue weighted by Crippen LogP contribution is -2.32. The summed E-state index contributed by atoms with van der Waals surface area (Å²) in [6, 6.07) is 21.7. The predicted octanol–water partition coefficient (Wildman–Crippen LogP) is 4.09. The Kier molecular flexibility index (Phi) is 5.28. The average molecular weight is 381 g/mol. The van der Waals surface area contributed by atoms with Crippen molar-refractivity contribution in [1.29, 1.82) is 0 Å². The first kappa shape index (κ1) is 18.7. The maximum atomic E-state index is 13.4. The highest BCUT2D eigenvalue weighted by Gasteiger charge is 2.28. The van der Waals surface area contributed by atoms with Crippen molar-refractivity contribution in [3.8, 4) is 0 Å². The van der Waals surface area contributed by atoms with Crippen molar-refractivity contribution in [3.05, 3.63) is 95.6 Å². The summed E-state index contributed by atoms with van der Waals surface area (Å²) in [5.74, 6) is -1.18. The first-order valence-electron chi connectivity index (χ1n) is 8.35. The predicted molar refractivity (Wildman–Crippen MR) is 104 cm³/mol. The highest BCUT2D eigenvalue weighted by Crippen LogP contribution is 2.29. The molecule has 0 aliphatic heterocycles. The molecule has 138 valence electrons. The molecule has 6 heteroatoms. The molecule has 0 saturated carbocycles. The smallest absolute Gasteiger partial charge is 0.337 e. The number of carboxylic acid groups (broad SMARTS) is 1. The molecule has 0 atom stereocenters. The summed E-state index contributed by atoms with van der Waals surface area (Å²) in [7, 11) is -3.96. The van der Waals surface area contributed by atoms with Gasteiger partial charge in [-0.15, -0.1) is 0 Å². The molecule has 0 saturated heterocycles. The number of aromatic carboxylic acids is 1. The third kappa shape index (κ3) is 4.01. The molecule has 27 heavy (non-hydrogen) atoms. The second-order valence-electron chi connectivity index (χ2n) is 6.13. The molecule has 0 amide bonds. The minimum absolute atomic E-state index is 0.0291. The van der Waals surface area contributed by atoms with Crippen molar-refractivity contribution in [2.75, 3.05) is 4.31 Å². The third-order valence-corrected chi connectivity index (χ3v) is 5.96. The number of benzene rings is 3. The molecule has 0 fully saturated rings. The van der Waals surface area contributed by atoms with Crippen molar-refractivity contribution in [2.45, 2.75) is 18.4 Å². The first-order chi connectivity index (χ1) is 12.9. The number of anilines is 1. The molecule has 3 rings (SSSR count). The van der Waals surface area contributed by atoms with Crippen molar-refractivity contribution >= 4 is 21.7 Å². The van der Waals surface area contributed by atoms with Gasteiger partial charge in [-0.1, -0.05) is 60.2 Å². The van der Waals surface area contributed by atoms with Crippen molar-refractivity contribution < 1.29 is 18.3 Å². The number of carbonyl (C=O) groups is 1. The van der Waals surface area contributed by atoms with E-state index in [1.54, 1.807) is 36.4 Å². The van der Waals surface area contributed by atoms with Crippen molar-refractivity contribution in [3.63, 3.8) is 0 Å². The molecule has 5 nitrogen and oxygen atoms in total. The number of para-hydroxylation sites is 1. The normalized spacial score (nSPS) is 11.1. The monoisotopic (exact) mass is 381 g/mol. The molecule has 3 aromatic rings. The number of nitrogens with zero attached hydrogens (tertiary/aromatic N) is 1. The maximum Gasteiger partial charge on any atom is 0.337 e. The Labute approximate surface area is 158 Å². The highest BCUT2D eigenvalue weighted by atomic mass is 32.2. The molecule has 0 aliphatic rings. The van der Waals surface area contributed by atoms with E-state index >= 15 is 0 Å². The molecular formula is C21H19NO4S. The fraction of sp³-hybridized carbons (Fsp3) is 0.0952. The second-order valence-corrected chi connectivity index (χ2v) is 7.99. The zero-order valence-corrected chi connectivity index (χ0v) is 15.6. The van der Waals surface area contributed by atoms with Gasteiger partial charge in [0.2, 0.25) is 0 Å². The zero-order valence-electron chi connectivity index (χ0n) is 14.7. The van der Waals surface area contributed by atoms with Crippen LogP contribution in [0.5, 0.6) is 0 Å². The van der Waals surface area contributed by atoms with Crippen LogP contribution in [0.3, 0.4) is 0 Å². The van der Waals surface area contributed by atoms with Gasteiger partial charge in [0.25, 0.3) is 10.0 Å². The van der Waals surface area contributed by atoms with Crippen LogP contribution in [-0.4, -0.2) is 19.5 Å². The quantitative estimate of drug-likeness (QED) is 0.698. The van der Waals surface area contributed by atoms with Crippen LogP contribution in [0.15, 0.2) is 83.8 Å². The molecule has 0 aliphatic carbocycles. The summed E-state index contributed by atoms with van der Waals surface area (Å²) < 4.78 is 27.9. The van der Waals surface area contributed by atoms with E-state index < -0.39 is 16.0 Å². The first-order valence-corrected chi connectivity index (χ1v) is 9.79. The van der Waals surface area contributed by atoms with Crippen molar-refractivity contribution in [2.24, 2.45) is 0 Å². The molecular weight excluding hydrogens is 362 g/mol. The zero-order chi connectivity index (χ0) is 19.4. The summed E-state index contributed by atoms with van der Waals surface area (Å²) >= 11 is 0. The van der Waals surface area contributed by atoms with Crippen LogP contribution in [-0.2, 0) is 16.6 Å². The van der Waals surface area contributed by atoms with Gasteiger partial charge >= 0.3 is 5.97 Å². The Morgan fingerprint density at radius 2 is 1.48 bits per heavy atom. The van der Waals surface area contributed by atoms with Gasteiger partial charge in [-0.05, 0) is 36.8 Å². The lowest BCUT2D eigenvalue weighted by atomic mass is 10.1. The van der Waals surface area contributed by atoms with Gasteiger partial charge in [0.1, 0.15) is 0 Å². The number of hydrogen-bond donors (Lipinski definition) is 1. The van der Waals surface area contributed by atoms with E-state index in [-0.39, 0.29) is 22.7 Å². The minimum atomic E-state index is -3.96. The standard InChI is InChI=1S/C21H19NO4S/c1-16-11-13-18(14-12-16)27(25,26)22(15-17-7-3-2-4-8-17)20-10-6-5-9-19(20)21(23)24/h2-14H,15H2,1H3,(H,23,24). The molecule has 0 spiro atoms. The Morgan fingerprint density at radius 3 is 2.11 bits per heavy atom. The van der Waals surface area contributed by atoms with E-state index in [1.807, 2.05) is 25.1 Å². The van der Waals surface area contributed by atoms with E-state index in [4.69, 9.17) is 0 Å². The average Bonchev–Trinajstić information content (AvgIpc) is 2.67. The van der Waals surface area contributed by atoms with Crippen molar-refractivity contribution in [1.82, 2.24) is 0 Å². The summed E-state index contributed by atoms with van der Waals surface area (Å²) in [5, 5.41) is 9.53. The van der Waals surface area contributed by atoms with Crippen LogP contribution in [0, 0.1) is 6.92 Å². The van der Waals surface area contributed by atoms with Gasteiger partial charge < -0.3 is 5.11 Å². The third-order valence-electron chi connectivity index (χ3n) is 4.18. The molecule has 0 radical (unpaired) electrons. The summed E-state index contributed by atoms with van der Waals surface area (Å²) in [5.41, 5.74) is 1.77.